The van der Waals surface area contributed by atoms with E-state index >= 15 is 0 Å². The summed E-state index contributed by atoms with van der Waals surface area (Å²) >= 11 is 1.56. The van der Waals surface area contributed by atoms with Crippen molar-refractivity contribution >= 4 is 27.5 Å². The highest BCUT2D eigenvalue weighted by Crippen LogP contribution is 2.55. The van der Waals surface area contributed by atoms with Crippen LogP contribution >= 0.6 is 11.3 Å². The van der Waals surface area contributed by atoms with Crippen LogP contribution in [-0.4, -0.2) is 54.8 Å². The Hall–Kier alpha value is -3.49. The molecule has 0 bridgehead atoms. The van der Waals surface area contributed by atoms with Crippen molar-refractivity contribution in [1.29, 1.82) is 5.26 Å². The predicted molar refractivity (Wildman–Crippen MR) is 150 cm³/mol. The number of aromatic nitrogens is 5. The maximum Gasteiger partial charge on any atom is 0.319 e. The second-order valence-electron chi connectivity index (χ2n) is 12.0. The summed E-state index contributed by atoms with van der Waals surface area (Å²) in [4.78, 5) is 18.1. The molecule has 2 fully saturated rings. The Balaban J connectivity index is 1.23. The van der Waals surface area contributed by atoms with Crippen molar-refractivity contribution in [2.75, 3.05) is 25.4 Å². The fourth-order valence-electron chi connectivity index (χ4n) is 8.10. The van der Waals surface area contributed by atoms with Crippen molar-refractivity contribution in [3.63, 3.8) is 0 Å². The molecule has 11 heteroatoms. The molecule has 206 valence electrons. The molecular formula is C29H32N8O2S. The third kappa shape index (κ3) is 3.29. The minimum absolute atomic E-state index is 0.101. The van der Waals surface area contributed by atoms with E-state index < -0.39 is 0 Å². The third-order valence-electron chi connectivity index (χ3n) is 9.90. The van der Waals surface area contributed by atoms with Crippen LogP contribution in [0.3, 0.4) is 0 Å². The Morgan fingerprint density at radius 1 is 1.10 bits per heavy atom. The van der Waals surface area contributed by atoms with Gasteiger partial charge in [-0.3, -0.25) is 4.90 Å². The lowest BCUT2D eigenvalue weighted by molar-refractivity contribution is 0.108. The molecule has 0 unspecified atom stereocenters. The molecule has 0 aromatic carbocycles. The predicted octanol–water partition coefficient (Wildman–Crippen LogP) is 4.50. The van der Waals surface area contributed by atoms with E-state index in [0.29, 0.717) is 45.7 Å². The van der Waals surface area contributed by atoms with Crippen LogP contribution in [-0.2, 0) is 25.3 Å². The van der Waals surface area contributed by atoms with Gasteiger partial charge in [0.2, 0.25) is 0 Å². The molecule has 0 amide bonds. The number of anilines is 1. The van der Waals surface area contributed by atoms with Crippen LogP contribution in [0.2, 0.25) is 0 Å². The summed E-state index contributed by atoms with van der Waals surface area (Å²) in [6.07, 6.45) is 12.1. The number of hydrogen-bond donors (Lipinski definition) is 1. The van der Waals surface area contributed by atoms with Gasteiger partial charge in [-0.2, -0.15) is 15.2 Å². The molecule has 2 saturated heterocycles. The summed E-state index contributed by atoms with van der Waals surface area (Å²) < 4.78 is 14.5. The number of rotatable bonds is 4. The smallest absolute Gasteiger partial charge is 0.319 e. The lowest BCUT2D eigenvalue weighted by Gasteiger charge is -2.39. The number of nitrogens with two attached hydrogens (primary N) is 1. The van der Waals surface area contributed by atoms with E-state index in [0.717, 1.165) is 81.3 Å². The molecule has 40 heavy (non-hydrogen) atoms. The second-order valence-corrected chi connectivity index (χ2v) is 13.1. The Morgan fingerprint density at radius 3 is 2.70 bits per heavy atom. The van der Waals surface area contributed by atoms with E-state index in [-0.39, 0.29) is 11.0 Å². The zero-order valence-electron chi connectivity index (χ0n) is 22.7. The first-order valence-corrected chi connectivity index (χ1v) is 15.2. The van der Waals surface area contributed by atoms with Gasteiger partial charge in [0.1, 0.15) is 34.6 Å². The molecule has 10 nitrogen and oxygen atoms in total. The summed E-state index contributed by atoms with van der Waals surface area (Å²) in [5.74, 6) is 0.862. The van der Waals surface area contributed by atoms with E-state index in [4.69, 9.17) is 25.0 Å². The molecule has 8 rings (SSSR count). The summed E-state index contributed by atoms with van der Waals surface area (Å²) in [5.41, 5.74) is 11.6. The van der Waals surface area contributed by atoms with Crippen LogP contribution in [0.5, 0.6) is 6.01 Å². The largest absolute Gasteiger partial charge is 0.461 e. The highest BCUT2D eigenvalue weighted by Gasteiger charge is 2.49. The first kappa shape index (κ1) is 24.3. The Kier molecular flexibility index (Phi) is 5.32. The van der Waals surface area contributed by atoms with Crippen molar-refractivity contribution in [3.8, 4) is 23.5 Å². The van der Waals surface area contributed by atoms with Gasteiger partial charge < -0.3 is 19.6 Å². The number of nitriles is 1. The zero-order valence-corrected chi connectivity index (χ0v) is 23.5. The normalized spacial score (nSPS) is 23.3. The highest BCUT2D eigenvalue weighted by atomic mass is 32.1. The van der Waals surface area contributed by atoms with E-state index in [1.165, 1.54) is 17.7 Å². The molecule has 2 aliphatic heterocycles. The average molecular weight is 557 g/mol. The first-order chi connectivity index (χ1) is 19.5. The van der Waals surface area contributed by atoms with Crippen LogP contribution in [0.25, 0.3) is 22.6 Å². The van der Waals surface area contributed by atoms with E-state index in [9.17, 15) is 5.26 Å². The van der Waals surface area contributed by atoms with Crippen LogP contribution < -0.4 is 10.5 Å². The average Bonchev–Trinajstić information content (AvgIpc) is 3.76. The first-order valence-electron chi connectivity index (χ1n) is 14.4. The van der Waals surface area contributed by atoms with Gasteiger partial charge in [-0.05, 0) is 82.9 Å². The SMILES string of the molecule is Cn1cnc2c(-c3noc4c3CCC[C@@]43CCCc4sc(N)c(C#N)c43)nc(OCC34CCCN3CCC4)nc21. The number of nitrogens with zero attached hydrogens (tertiary/aromatic N) is 7. The van der Waals surface area contributed by atoms with Crippen molar-refractivity contribution in [2.24, 2.45) is 7.05 Å². The van der Waals surface area contributed by atoms with Crippen molar-refractivity contribution in [2.45, 2.75) is 75.2 Å². The molecular weight excluding hydrogens is 524 g/mol. The van der Waals surface area contributed by atoms with Crippen molar-refractivity contribution in [3.05, 3.63) is 33.7 Å². The van der Waals surface area contributed by atoms with Crippen LogP contribution in [0.4, 0.5) is 5.00 Å². The monoisotopic (exact) mass is 556 g/mol. The number of aryl methyl sites for hydroxylation is 2. The molecule has 2 aliphatic carbocycles. The molecule has 6 heterocycles. The summed E-state index contributed by atoms with van der Waals surface area (Å²) in [7, 11) is 1.94. The maximum atomic E-state index is 10.0. The molecule has 0 radical (unpaired) electrons. The van der Waals surface area contributed by atoms with Crippen LogP contribution in [0, 0.1) is 11.3 Å². The highest BCUT2D eigenvalue weighted by molar-refractivity contribution is 7.16. The topological polar surface area (TPSA) is 132 Å². The number of thiophene rings is 1. The van der Waals surface area contributed by atoms with Gasteiger partial charge in [-0.25, -0.2) is 4.98 Å². The summed E-state index contributed by atoms with van der Waals surface area (Å²) in [6.45, 7) is 2.89. The molecule has 4 aromatic heterocycles. The van der Waals surface area contributed by atoms with E-state index in [2.05, 4.69) is 21.1 Å². The number of ether oxygens (including phenoxy) is 1. The van der Waals surface area contributed by atoms with Gasteiger partial charge in [0.25, 0.3) is 0 Å². The lowest BCUT2D eigenvalue weighted by Crippen LogP contribution is -2.43. The standard InChI is InChI=1S/C29H32N8O2S/c1-36-16-32-23-22(33-27(34-26(23)36)38-15-28-8-4-12-37(28)13-5-9-28)21-17-6-2-10-29(24(17)39-35-21)11-3-7-19-20(29)18(14-30)25(31)40-19/h16H,2-13,15,31H2,1H3/t29-/m0/s1. The van der Waals surface area contributed by atoms with Gasteiger partial charge in [0, 0.05) is 17.5 Å². The molecule has 1 atom stereocenters. The lowest BCUT2D eigenvalue weighted by atomic mass is 9.63. The number of imidazole rings is 1. The molecule has 2 N–H and O–H groups in total. The molecule has 4 aliphatic rings. The fourth-order valence-corrected chi connectivity index (χ4v) is 9.26. The van der Waals surface area contributed by atoms with E-state index in [1.807, 2.05) is 11.6 Å². The van der Waals surface area contributed by atoms with E-state index in [1.54, 1.807) is 17.7 Å². The van der Waals surface area contributed by atoms with Gasteiger partial charge >= 0.3 is 6.01 Å². The number of fused-ring (bicyclic) bond motifs is 6. The summed E-state index contributed by atoms with van der Waals surface area (Å²) in [6, 6.07) is 2.76. The molecule has 1 spiro atoms. The zero-order chi connectivity index (χ0) is 27.1. The van der Waals surface area contributed by atoms with Crippen molar-refractivity contribution in [1.82, 2.24) is 29.6 Å². The third-order valence-corrected chi connectivity index (χ3v) is 11.0. The Labute approximate surface area is 236 Å². The molecule has 4 aromatic rings. The maximum absolute atomic E-state index is 10.0. The van der Waals surface area contributed by atoms with Crippen LogP contribution in [0.1, 0.15) is 78.7 Å². The number of nitrogen functional groups attached to an aromatic ring is 1. The Bertz CT molecular complexity index is 1680. The summed E-state index contributed by atoms with van der Waals surface area (Å²) in [5, 5.41) is 15.3. The fraction of sp³-hybridized carbons (Fsp3) is 0.552. The van der Waals surface area contributed by atoms with Crippen molar-refractivity contribution < 1.29 is 9.26 Å². The van der Waals surface area contributed by atoms with Crippen LogP contribution in [0.15, 0.2) is 10.9 Å². The molecule has 0 saturated carbocycles. The van der Waals surface area contributed by atoms with Gasteiger partial charge in [-0.1, -0.05) is 5.16 Å². The number of hydrogen-bond acceptors (Lipinski definition) is 10. The quantitative estimate of drug-likeness (QED) is 0.386. The van der Waals surface area contributed by atoms with Gasteiger partial charge in [0.15, 0.2) is 11.4 Å². The Morgan fingerprint density at radius 2 is 1.90 bits per heavy atom. The minimum atomic E-state index is -0.380. The second kappa shape index (κ2) is 8.75. The van der Waals surface area contributed by atoms with Gasteiger partial charge in [-0.15, -0.1) is 11.3 Å². The van der Waals surface area contributed by atoms with Gasteiger partial charge in [0.05, 0.1) is 22.8 Å². The minimum Gasteiger partial charge on any atom is -0.461 e.